The molecule has 0 amide bonds. The summed E-state index contributed by atoms with van der Waals surface area (Å²) in [6.07, 6.45) is 0. The number of nitrogens with zero attached hydrogens (tertiary/aromatic N) is 2. The van der Waals surface area contributed by atoms with Gasteiger partial charge in [0.05, 0.1) is 33.2 Å². The van der Waals surface area contributed by atoms with Crippen LogP contribution in [0.1, 0.15) is 44.5 Å². The summed E-state index contributed by atoms with van der Waals surface area (Å²) >= 11 is 0. The van der Waals surface area contributed by atoms with Gasteiger partial charge in [-0.1, -0.05) is 291 Å². The standard InChI is InChI=1S/C84H56N2/c1-5-29-60(30-6-1)83(61-31-7-2-8-32-61)75-45-20-17-41-69(75)71-53-51-65(56-77(71)83)85(78-48-24-27-57-26-13-14-40-68(57)78)64-37-23-28-58(54-64)66-38-15-16-39-67(66)59-50-52-73-72-43-19-22-47-79(72)86(81(73)55-59)80-49-25-44-74-70-42-18-21-46-76(70)84(82(74)80,62-33-9-3-10-34-62)63-35-11-4-12-36-63/h1-56H. The Kier molecular flexibility index (Phi) is 11.4. The van der Waals surface area contributed by atoms with Crippen LogP contribution in [0, 0.1) is 0 Å². The second kappa shape index (κ2) is 19.8. The molecule has 402 valence electrons. The van der Waals surface area contributed by atoms with Crippen molar-refractivity contribution in [2.24, 2.45) is 0 Å². The molecular weight excluding hydrogens is 1040 g/mol. The predicted molar refractivity (Wildman–Crippen MR) is 358 cm³/mol. The Hall–Kier alpha value is -11.1. The maximum Gasteiger partial charge on any atom is 0.0734 e. The molecule has 2 nitrogen and oxygen atoms in total. The highest BCUT2D eigenvalue weighted by Crippen LogP contribution is 2.60. The Labute approximate surface area is 501 Å². The third kappa shape index (κ3) is 7.27. The Morgan fingerprint density at radius 2 is 0.721 bits per heavy atom. The third-order valence-corrected chi connectivity index (χ3v) is 18.7. The Morgan fingerprint density at radius 1 is 0.256 bits per heavy atom. The summed E-state index contributed by atoms with van der Waals surface area (Å²) in [5.74, 6) is 0. The fourth-order valence-electron chi connectivity index (χ4n) is 15.3. The summed E-state index contributed by atoms with van der Waals surface area (Å²) in [6.45, 7) is 0. The fourth-order valence-corrected chi connectivity index (χ4v) is 15.3. The van der Waals surface area contributed by atoms with Crippen LogP contribution >= 0.6 is 0 Å². The molecule has 0 unspecified atom stereocenters. The van der Waals surface area contributed by atoms with Gasteiger partial charge in [0.1, 0.15) is 0 Å². The summed E-state index contributed by atoms with van der Waals surface area (Å²) < 4.78 is 2.56. The minimum Gasteiger partial charge on any atom is -0.310 e. The van der Waals surface area contributed by atoms with Crippen molar-refractivity contribution in [1.29, 1.82) is 0 Å². The molecule has 0 atom stereocenters. The van der Waals surface area contributed by atoms with Crippen molar-refractivity contribution in [1.82, 2.24) is 4.57 Å². The fraction of sp³-hybridized carbons (Fsp3) is 0.0238. The van der Waals surface area contributed by atoms with Gasteiger partial charge in [-0.2, -0.15) is 0 Å². The summed E-state index contributed by atoms with van der Waals surface area (Å²) in [7, 11) is 0. The molecule has 0 radical (unpaired) electrons. The minimum atomic E-state index is -0.588. The number of hydrogen-bond acceptors (Lipinski definition) is 1. The highest BCUT2D eigenvalue weighted by molar-refractivity contribution is 6.11. The number of fused-ring (bicyclic) bond motifs is 10. The summed E-state index contributed by atoms with van der Waals surface area (Å²) in [5.41, 5.74) is 25.4. The van der Waals surface area contributed by atoms with Crippen LogP contribution in [-0.4, -0.2) is 4.57 Å². The first-order chi connectivity index (χ1) is 42.7. The van der Waals surface area contributed by atoms with Gasteiger partial charge in [-0.15, -0.1) is 0 Å². The lowest BCUT2D eigenvalue weighted by atomic mass is 9.67. The summed E-state index contributed by atoms with van der Waals surface area (Å²) in [4.78, 5) is 2.49. The van der Waals surface area contributed by atoms with Crippen LogP contribution in [0.25, 0.3) is 82.8 Å². The second-order valence-corrected chi connectivity index (χ2v) is 23.0. The molecule has 2 aliphatic carbocycles. The monoisotopic (exact) mass is 1090 g/mol. The molecular formula is C84H56N2. The molecule has 1 aromatic heterocycles. The number of anilines is 3. The summed E-state index contributed by atoms with van der Waals surface area (Å²) in [6, 6.07) is 127. The van der Waals surface area contributed by atoms with Crippen molar-refractivity contribution in [3.05, 3.63) is 384 Å². The van der Waals surface area contributed by atoms with E-state index in [0.29, 0.717) is 0 Å². The van der Waals surface area contributed by atoms with Gasteiger partial charge in [0, 0.05) is 33.1 Å². The first-order valence-electron chi connectivity index (χ1n) is 29.9. The van der Waals surface area contributed by atoms with Gasteiger partial charge < -0.3 is 9.47 Å². The highest BCUT2D eigenvalue weighted by atomic mass is 15.1. The topological polar surface area (TPSA) is 8.17 Å². The van der Waals surface area contributed by atoms with Gasteiger partial charge in [0.2, 0.25) is 0 Å². The average molecular weight is 1090 g/mol. The lowest BCUT2D eigenvalue weighted by Gasteiger charge is -2.35. The maximum absolute atomic E-state index is 2.56. The van der Waals surface area contributed by atoms with Crippen LogP contribution in [0.15, 0.2) is 340 Å². The van der Waals surface area contributed by atoms with E-state index >= 15 is 0 Å². The number of hydrogen-bond donors (Lipinski definition) is 0. The average Bonchev–Trinajstić information content (AvgIpc) is 1.62. The zero-order valence-electron chi connectivity index (χ0n) is 47.2. The molecule has 0 saturated heterocycles. The van der Waals surface area contributed by atoms with E-state index in [4.69, 9.17) is 0 Å². The number of rotatable bonds is 10. The zero-order chi connectivity index (χ0) is 56.8. The normalized spacial score (nSPS) is 13.3. The van der Waals surface area contributed by atoms with Crippen molar-refractivity contribution in [3.63, 3.8) is 0 Å². The van der Waals surface area contributed by atoms with E-state index in [9.17, 15) is 0 Å². The molecule has 0 fully saturated rings. The molecule has 14 aromatic carbocycles. The van der Waals surface area contributed by atoms with Crippen LogP contribution in [0.4, 0.5) is 17.1 Å². The second-order valence-electron chi connectivity index (χ2n) is 23.0. The van der Waals surface area contributed by atoms with Crippen LogP contribution in [-0.2, 0) is 10.8 Å². The first-order valence-corrected chi connectivity index (χ1v) is 29.9. The largest absolute Gasteiger partial charge is 0.310 e. The molecule has 1 heterocycles. The highest BCUT2D eigenvalue weighted by Gasteiger charge is 2.49. The molecule has 17 rings (SSSR count). The van der Waals surface area contributed by atoms with Gasteiger partial charge >= 0.3 is 0 Å². The maximum atomic E-state index is 2.56. The molecule has 2 aliphatic rings. The summed E-state index contributed by atoms with van der Waals surface area (Å²) in [5, 5.41) is 4.82. The molecule has 0 bridgehead atoms. The molecule has 86 heavy (non-hydrogen) atoms. The van der Waals surface area contributed by atoms with Crippen molar-refractivity contribution in [3.8, 4) is 50.2 Å². The number of para-hydroxylation sites is 1. The first kappa shape index (κ1) is 49.5. The van der Waals surface area contributed by atoms with Crippen LogP contribution < -0.4 is 4.90 Å². The van der Waals surface area contributed by atoms with E-state index in [0.717, 1.165) is 39.3 Å². The van der Waals surface area contributed by atoms with E-state index in [2.05, 4.69) is 349 Å². The van der Waals surface area contributed by atoms with E-state index < -0.39 is 10.8 Å². The molecule has 15 aromatic rings. The van der Waals surface area contributed by atoms with Crippen molar-refractivity contribution >= 4 is 49.6 Å². The lowest BCUT2D eigenvalue weighted by Crippen LogP contribution is -2.29. The van der Waals surface area contributed by atoms with Crippen LogP contribution in [0.5, 0.6) is 0 Å². The Bertz CT molecular complexity index is 5030. The molecule has 0 aliphatic heterocycles. The number of benzene rings is 14. The SMILES string of the molecule is c1ccc(C2(c3ccccc3)c3ccccc3-c3ccc(N(c4cccc(-c5ccccc5-c5ccc6c7ccccc7n(-c7cccc8c7C(c7ccccc7)(c7ccccc7)c7ccccc7-8)c6c5)c4)c4cccc5ccccc45)cc32)cc1. The van der Waals surface area contributed by atoms with E-state index in [-0.39, 0.29) is 0 Å². The Balaban J connectivity index is 0.857. The van der Waals surface area contributed by atoms with Gasteiger partial charge in [-0.05, 0) is 137 Å². The third-order valence-electron chi connectivity index (χ3n) is 18.7. The lowest BCUT2D eigenvalue weighted by molar-refractivity contribution is 0.762. The van der Waals surface area contributed by atoms with Crippen LogP contribution in [0.3, 0.4) is 0 Å². The molecule has 0 saturated carbocycles. The number of aromatic nitrogens is 1. The van der Waals surface area contributed by atoms with Gasteiger partial charge in [-0.25, -0.2) is 0 Å². The van der Waals surface area contributed by atoms with Crippen molar-refractivity contribution < 1.29 is 0 Å². The van der Waals surface area contributed by atoms with E-state index in [1.54, 1.807) is 0 Å². The van der Waals surface area contributed by atoms with Gasteiger partial charge in [-0.3, -0.25) is 0 Å². The van der Waals surface area contributed by atoms with Gasteiger partial charge in [0.25, 0.3) is 0 Å². The van der Waals surface area contributed by atoms with E-state index in [1.807, 2.05) is 0 Å². The predicted octanol–water partition coefficient (Wildman–Crippen LogP) is 21.5. The molecule has 2 heteroatoms. The van der Waals surface area contributed by atoms with E-state index in [1.165, 1.54) is 105 Å². The van der Waals surface area contributed by atoms with Crippen molar-refractivity contribution in [2.45, 2.75) is 10.8 Å². The molecule has 0 N–H and O–H groups in total. The smallest absolute Gasteiger partial charge is 0.0734 e. The van der Waals surface area contributed by atoms with Gasteiger partial charge in [0.15, 0.2) is 0 Å². The van der Waals surface area contributed by atoms with Crippen LogP contribution in [0.2, 0.25) is 0 Å². The Morgan fingerprint density at radius 3 is 1.40 bits per heavy atom. The molecule has 0 spiro atoms. The minimum absolute atomic E-state index is 0.555. The quantitative estimate of drug-likeness (QED) is 0.132. The van der Waals surface area contributed by atoms with Crippen molar-refractivity contribution in [2.75, 3.05) is 4.90 Å². The zero-order valence-corrected chi connectivity index (χ0v) is 47.2.